The molecule has 1 aliphatic carbocycles. The molecule has 2 aromatic heterocycles. The van der Waals surface area contributed by atoms with Gasteiger partial charge in [-0.05, 0) is 37.1 Å². The molecule has 6 rings (SSSR count). The van der Waals surface area contributed by atoms with Crippen molar-refractivity contribution in [2.75, 3.05) is 58.2 Å². The predicted molar refractivity (Wildman–Crippen MR) is 180 cm³/mol. The van der Waals surface area contributed by atoms with Crippen molar-refractivity contribution in [1.82, 2.24) is 19.4 Å². The quantitative estimate of drug-likeness (QED) is 0.139. The van der Waals surface area contributed by atoms with Crippen LogP contribution in [0.25, 0.3) is 22.2 Å². The lowest BCUT2D eigenvalue weighted by atomic mass is 10.1. The molecule has 4 aromatic rings. The van der Waals surface area contributed by atoms with Gasteiger partial charge in [-0.25, -0.2) is 19.2 Å². The molecule has 1 N–H and O–H groups in total. The molecule has 3 heterocycles. The molecule has 2 fully saturated rings. The van der Waals surface area contributed by atoms with Gasteiger partial charge in [0.05, 0.1) is 44.0 Å². The van der Waals surface area contributed by atoms with E-state index >= 15 is 4.39 Å². The van der Waals surface area contributed by atoms with Gasteiger partial charge in [0, 0.05) is 49.4 Å². The first kappa shape index (κ1) is 33.8. The van der Waals surface area contributed by atoms with Crippen LogP contribution in [0.1, 0.15) is 34.8 Å². The van der Waals surface area contributed by atoms with Crippen molar-refractivity contribution < 1.29 is 33.3 Å². The van der Waals surface area contributed by atoms with E-state index in [1.165, 1.54) is 27.5 Å². The number of nitriles is 1. The number of rotatable bonds is 10. The maximum absolute atomic E-state index is 15.4. The SMILES string of the molecule is COc1cc(-c2nc(SCC(=O)N3CCN(c4cc5c(cc4F)c(=O)c(C(=O)O)cn5C4CC4)CC3)nc(Cl)c2C#N)cc(OC)c1OC. The second-order valence-electron chi connectivity index (χ2n) is 11.3. The molecule has 2 aromatic carbocycles. The topological polar surface area (TPSA) is 160 Å². The number of carbonyl (C=O) groups is 2. The number of pyridine rings is 1. The average Bonchev–Trinajstić information content (AvgIpc) is 3.95. The van der Waals surface area contributed by atoms with Gasteiger partial charge in [0.15, 0.2) is 21.8 Å². The number of ether oxygens (including phenoxy) is 3. The molecule has 1 saturated heterocycles. The Hall–Kier alpha value is -5.07. The number of carboxylic acids is 1. The Kier molecular flexibility index (Phi) is 9.53. The van der Waals surface area contributed by atoms with Gasteiger partial charge in [0.1, 0.15) is 23.0 Å². The van der Waals surface area contributed by atoms with E-state index in [1.807, 2.05) is 11.0 Å². The summed E-state index contributed by atoms with van der Waals surface area (Å²) >= 11 is 7.45. The Bertz CT molecular complexity index is 2070. The van der Waals surface area contributed by atoms with Crippen molar-refractivity contribution in [3.8, 4) is 34.6 Å². The summed E-state index contributed by atoms with van der Waals surface area (Å²) in [4.78, 5) is 50.0. The number of carboxylic acid groups (broad SMARTS) is 1. The molecule has 0 radical (unpaired) electrons. The number of fused-ring (bicyclic) bond motifs is 1. The van der Waals surface area contributed by atoms with Gasteiger partial charge in [0.25, 0.3) is 0 Å². The second-order valence-corrected chi connectivity index (χ2v) is 12.6. The largest absolute Gasteiger partial charge is 0.493 e. The molecule has 0 bridgehead atoms. The molecule has 49 heavy (non-hydrogen) atoms. The van der Waals surface area contributed by atoms with Crippen molar-refractivity contribution in [1.29, 1.82) is 5.26 Å². The highest BCUT2D eigenvalue weighted by atomic mass is 35.5. The van der Waals surface area contributed by atoms with E-state index in [4.69, 9.17) is 25.8 Å². The maximum atomic E-state index is 15.4. The number of halogens is 2. The zero-order chi connectivity index (χ0) is 35.0. The van der Waals surface area contributed by atoms with Gasteiger partial charge in [-0.1, -0.05) is 23.4 Å². The fourth-order valence-electron chi connectivity index (χ4n) is 5.83. The average molecular weight is 709 g/mol. The fraction of sp³-hybridized carbons (Fsp3) is 0.333. The maximum Gasteiger partial charge on any atom is 0.341 e. The number of thioether (sulfide) groups is 1. The van der Waals surface area contributed by atoms with E-state index in [1.54, 1.807) is 27.7 Å². The smallest absolute Gasteiger partial charge is 0.341 e. The van der Waals surface area contributed by atoms with Crippen LogP contribution in [0.4, 0.5) is 10.1 Å². The number of aromatic nitrogens is 3. The van der Waals surface area contributed by atoms with Crippen LogP contribution in [0.15, 0.2) is 40.4 Å². The van der Waals surface area contributed by atoms with E-state index in [0.29, 0.717) is 54.5 Å². The summed E-state index contributed by atoms with van der Waals surface area (Å²) in [5.74, 6) is -1.12. The van der Waals surface area contributed by atoms with Crippen molar-refractivity contribution in [3.05, 3.63) is 62.8 Å². The van der Waals surface area contributed by atoms with E-state index in [9.17, 15) is 24.8 Å². The summed E-state index contributed by atoms with van der Waals surface area (Å²) in [5.41, 5.74) is 0.399. The number of amides is 1. The van der Waals surface area contributed by atoms with Gasteiger partial charge in [-0.3, -0.25) is 9.59 Å². The summed E-state index contributed by atoms with van der Waals surface area (Å²) in [6.45, 7) is 1.31. The van der Waals surface area contributed by atoms with E-state index in [0.717, 1.165) is 30.7 Å². The molecule has 2 aliphatic rings. The van der Waals surface area contributed by atoms with Crippen LogP contribution in [0.5, 0.6) is 17.2 Å². The number of benzene rings is 2. The van der Waals surface area contributed by atoms with Crippen molar-refractivity contribution in [2.45, 2.75) is 24.0 Å². The van der Waals surface area contributed by atoms with Crippen molar-refractivity contribution in [3.63, 3.8) is 0 Å². The highest BCUT2D eigenvalue weighted by Crippen LogP contribution is 2.42. The van der Waals surface area contributed by atoms with Crippen LogP contribution in [-0.2, 0) is 4.79 Å². The molecule has 0 spiro atoms. The third-order valence-electron chi connectivity index (χ3n) is 8.46. The van der Waals surface area contributed by atoms with Gasteiger partial charge in [-0.2, -0.15) is 5.26 Å². The minimum Gasteiger partial charge on any atom is -0.493 e. The molecule has 1 saturated carbocycles. The van der Waals surface area contributed by atoms with Crippen molar-refractivity contribution >= 4 is 51.8 Å². The van der Waals surface area contributed by atoms with Crippen LogP contribution >= 0.6 is 23.4 Å². The van der Waals surface area contributed by atoms with Crippen molar-refractivity contribution in [2.24, 2.45) is 0 Å². The Morgan fingerprint density at radius 3 is 2.31 bits per heavy atom. The Labute approximate surface area is 288 Å². The Balaban J connectivity index is 1.17. The monoisotopic (exact) mass is 708 g/mol. The summed E-state index contributed by atoms with van der Waals surface area (Å²) in [5, 5.41) is 19.5. The number of methoxy groups -OCH3 is 3. The van der Waals surface area contributed by atoms with Crippen LogP contribution in [-0.4, -0.2) is 89.7 Å². The molecule has 1 aliphatic heterocycles. The summed E-state index contributed by atoms with van der Waals surface area (Å²) in [6, 6.07) is 8.07. The molecule has 16 heteroatoms. The van der Waals surface area contributed by atoms with Crippen LogP contribution < -0.4 is 24.5 Å². The van der Waals surface area contributed by atoms with Crippen LogP contribution in [0.3, 0.4) is 0 Å². The molecule has 254 valence electrons. The minimum atomic E-state index is -1.35. The zero-order valence-electron chi connectivity index (χ0n) is 26.7. The van der Waals surface area contributed by atoms with Gasteiger partial charge in [-0.15, -0.1) is 0 Å². The molecule has 13 nitrogen and oxygen atoms in total. The molecule has 0 atom stereocenters. The summed E-state index contributed by atoms with van der Waals surface area (Å²) in [6.07, 6.45) is 3.03. The summed E-state index contributed by atoms with van der Waals surface area (Å²) < 4.78 is 33.4. The lowest BCUT2D eigenvalue weighted by molar-refractivity contribution is -0.128. The summed E-state index contributed by atoms with van der Waals surface area (Å²) in [7, 11) is 4.41. The zero-order valence-corrected chi connectivity index (χ0v) is 28.2. The lowest BCUT2D eigenvalue weighted by Gasteiger charge is -2.36. The van der Waals surface area contributed by atoms with Gasteiger partial charge in [0.2, 0.25) is 17.1 Å². The van der Waals surface area contributed by atoms with Crippen LogP contribution in [0.2, 0.25) is 5.15 Å². The highest BCUT2D eigenvalue weighted by Gasteiger charge is 2.29. The molecular formula is C33H30ClFN6O7S. The van der Waals surface area contributed by atoms with E-state index < -0.39 is 17.2 Å². The van der Waals surface area contributed by atoms with Crippen LogP contribution in [0, 0.1) is 17.1 Å². The normalized spacial score (nSPS) is 14.4. The number of hydrogen-bond acceptors (Lipinski definition) is 11. The third kappa shape index (κ3) is 6.53. The first-order valence-corrected chi connectivity index (χ1v) is 16.5. The van der Waals surface area contributed by atoms with Gasteiger partial charge >= 0.3 is 5.97 Å². The number of carbonyl (C=O) groups excluding carboxylic acids is 1. The lowest BCUT2D eigenvalue weighted by Crippen LogP contribution is -2.49. The standard InChI is InChI=1S/C33H30ClFN6O7S/c1-46-25-10-17(11-26(47-2)30(25)48-3)28-20(14-36)31(34)38-33(37-28)49-16-27(42)40-8-6-39(7-9-40)24-13-23-19(12-22(24)35)29(43)21(32(44)45)15-41(23)18-4-5-18/h10-13,15,18H,4-9,16H2,1-3H3,(H,44,45). The molecular weight excluding hydrogens is 679 g/mol. The van der Waals surface area contributed by atoms with E-state index in [-0.39, 0.29) is 55.9 Å². The van der Waals surface area contributed by atoms with E-state index in [2.05, 4.69) is 9.97 Å². The highest BCUT2D eigenvalue weighted by molar-refractivity contribution is 7.99. The Morgan fingerprint density at radius 1 is 1.06 bits per heavy atom. The number of aromatic carboxylic acids is 1. The Morgan fingerprint density at radius 2 is 1.73 bits per heavy atom. The molecule has 1 amide bonds. The number of nitrogens with zero attached hydrogens (tertiary/aromatic N) is 6. The van der Waals surface area contributed by atoms with Gasteiger partial charge < -0.3 is 33.7 Å². The predicted octanol–water partition coefficient (Wildman–Crippen LogP) is 4.62. The number of anilines is 1. The molecule has 0 unspecified atom stereocenters. The second kappa shape index (κ2) is 13.8. The third-order valence-corrected chi connectivity index (χ3v) is 9.57. The minimum absolute atomic E-state index is 0.0131. The number of piperazine rings is 1. The first-order valence-electron chi connectivity index (χ1n) is 15.1. The number of hydrogen-bond donors (Lipinski definition) is 1. The first-order chi connectivity index (χ1) is 23.6. The fourth-order valence-corrected chi connectivity index (χ4v) is 6.84.